The topological polar surface area (TPSA) is 26.3 Å². The van der Waals surface area contributed by atoms with Gasteiger partial charge in [0.25, 0.3) is 0 Å². The molecule has 2 nitrogen and oxygen atoms in total. The number of ketones is 1. The second-order valence-corrected chi connectivity index (χ2v) is 5.85. The largest absolute Gasteiger partial charge is 0.370 e. The molecule has 0 heterocycles. The summed E-state index contributed by atoms with van der Waals surface area (Å²) < 4.78 is 5.64. The van der Waals surface area contributed by atoms with Gasteiger partial charge in [0.05, 0.1) is 6.10 Å². The summed E-state index contributed by atoms with van der Waals surface area (Å²) in [6.07, 6.45) is 7.11. The van der Waals surface area contributed by atoms with Crippen LogP contribution in [0.5, 0.6) is 0 Å². The van der Waals surface area contributed by atoms with Crippen LogP contribution < -0.4 is 0 Å². The van der Waals surface area contributed by atoms with E-state index in [0.29, 0.717) is 19.1 Å². The minimum atomic E-state index is 0.0903. The molecule has 0 aromatic carbocycles. The summed E-state index contributed by atoms with van der Waals surface area (Å²) in [6, 6.07) is 0. The molecule has 1 fully saturated rings. The molecule has 0 atom stereocenters. The quantitative estimate of drug-likeness (QED) is 0.714. The second-order valence-electron chi connectivity index (χ2n) is 5.85. The van der Waals surface area contributed by atoms with E-state index in [1.165, 1.54) is 19.3 Å². The third kappa shape index (κ3) is 5.93. The Kier molecular flexibility index (Phi) is 4.78. The number of ether oxygens (including phenoxy) is 1. The molecule has 0 N–H and O–H groups in total. The lowest BCUT2D eigenvalue weighted by Crippen LogP contribution is -2.23. The van der Waals surface area contributed by atoms with Gasteiger partial charge >= 0.3 is 0 Å². The number of Topliss-reactive ketones (excluding diaryl/α,β-unsaturated/α-hetero) is 1. The van der Waals surface area contributed by atoms with Crippen molar-refractivity contribution in [2.75, 3.05) is 6.61 Å². The third-order valence-corrected chi connectivity index (χ3v) is 2.76. The highest BCUT2D eigenvalue weighted by molar-refractivity contribution is 5.80. The van der Waals surface area contributed by atoms with Crippen molar-refractivity contribution in [1.82, 2.24) is 0 Å². The fourth-order valence-electron chi connectivity index (χ4n) is 2.09. The van der Waals surface area contributed by atoms with Gasteiger partial charge in [-0.25, -0.2) is 0 Å². The fourth-order valence-corrected chi connectivity index (χ4v) is 2.09. The van der Waals surface area contributed by atoms with E-state index < -0.39 is 0 Å². The van der Waals surface area contributed by atoms with Gasteiger partial charge in [-0.05, 0) is 18.3 Å². The first-order valence-electron chi connectivity index (χ1n) is 6.11. The van der Waals surface area contributed by atoms with Crippen molar-refractivity contribution in [3.05, 3.63) is 0 Å². The summed E-state index contributed by atoms with van der Waals surface area (Å²) in [4.78, 5) is 11.6. The van der Waals surface area contributed by atoms with Crippen molar-refractivity contribution in [1.29, 1.82) is 0 Å². The van der Waals surface area contributed by atoms with Gasteiger partial charge < -0.3 is 4.74 Å². The van der Waals surface area contributed by atoms with Crippen LogP contribution in [0.1, 0.15) is 59.3 Å². The van der Waals surface area contributed by atoms with Gasteiger partial charge in [0.1, 0.15) is 6.61 Å². The molecule has 1 rings (SSSR count). The van der Waals surface area contributed by atoms with Crippen LogP contribution in [0.25, 0.3) is 0 Å². The van der Waals surface area contributed by atoms with Crippen molar-refractivity contribution in [3.63, 3.8) is 0 Å². The van der Waals surface area contributed by atoms with Crippen molar-refractivity contribution in [2.45, 2.75) is 65.4 Å². The van der Waals surface area contributed by atoms with Crippen LogP contribution >= 0.6 is 0 Å². The average Bonchev–Trinajstić information content (AvgIpc) is 2.14. The number of rotatable bonds is 4. The van der Waals surface area contributed by atoms with Crippen LogP contribution in [0.4, 0.5) is 0 Å². The Morgan fingerprint density at radius 3 is 2.33 bits per heavy atom. The lowest BCUT2D eigenvalue weighted by Gasteiger charge is -2.22. The van der Waals surface area contributed by atoms with Crippen molar-refractivity contribution in [3.8, 4) is 0 Å². The van der Waals surface area contributed by atoms with Crippen LogP contribution in [0, 0.1) is 5.41 Å². The molecule has 15 heavy (non-hydrogen) atoms. The highest BCUT2D eigenvalue weighted by Gasteiger charge is 2.18. The summed E-state index contributed by atoms with van der Waals surface area (Å²) >= 11 is 0. The molecule has 1 aliphatic carbocycles. The zero-order chi connectivity index (χ0) is 11.3. The minimum Gasteiger partial charge on any atom is -0.370 e. The zero-order valence-corrected chi connectivity index (χ0v) is 10.3. The van der Waals surface area contributed by atoms with Crippen LogP contribution in [-0.4, -0.2) is 18.5 Å². The highest BCUT2D eigenvalue weighted by Crippen LogP contribution is 2.22. The van der Waals surface area contributed by atoms with Crippen LogP contribution in [0.15, 0.2) is 0 Å². The predicted molar refractivity (Wildman–Crippen MR) is 61.9 cm³/mol. The molecule has 1 aliphatic rings. The van der Waals surface area contributed by atoms with E-state index in [1.54, 1.807) is 0 Å². The molecule has 0 spiro atoms. The van der Waals surface area contributed by atoms with Crippen molar-refractivity contribution >= 4 is 5.78 Å². The normalized spacial score (nSPS) is 19.1. The van der Waals surface area contributed by atoms with E-state index in [4.69, 9.17) is 4.74 Å². The molecular formula is C13H24O2. The highest BCUT2D eigenvalue weighted by atomic mass is 16.5. The van der Waals surface area contributed by atoms with Crippen molar-refractivity contribution in [2.24, 2.45) is 5.41 Å². The Balaban J connectivity index is 2.15. The molecule has 0 bridgehead atoms. The Hall–Kier alpha value is -0.370. The number of carbonyl (C=O) groups excluding carboxylic acids is 1. The fraction of sp³-hybridized carbons (Fsp3) is 0.923. The SMILES string of the molecule is CC(C)(C)CC(=O)COC1CCCCC1. The summed E-state index contributed by atoms with van der Waals surface area (Å²) in [6.45, 7) is 6.59. The van der Waals surface area contributed by atoms with Gasteiger partial charge in [0, 0.05) is 6.42 Å². The monoisotopic (exact) mass is 212 g/mol. The Labute approximate surface area is 93.4 Å². The predicted octanol–water partition coefficient (Wildman–Crippen LogP) is 3.34. The standard InChI is InChI=1S/C13H24O2/c1-13(2,3)9-11(14)10-15-12-7-5-4-6-8-12/h12H,4-10H2,1-3H3. The van der Waals surface area contributed by atoms with Gasteiger partial charge in [-0.1, -0.05) is 40.0 Å². The molecule has 0 aromatic heterocycles. The summed E-state index contributed by atoms with van der Waals surface area (Å²) in [7, 11) is 0. The third-order valence-electron chi connectivity index (χ3n) is 2.76. The number of hydrogen-bond acceptors (Lipinski definition) is 2. The summed E-state index contributed by atoms with van der Waals surface area (Å²) in [5.74, 6) is 0.244. The van der Waals surface area contributed by atoms with E-state index in [1.807, 2.05) is 0 Å². The maximum Gasteiger partial charge on any atom is 0.159 e. The molecular weight excluding hydrogens is 188 g/mol. The first-order valence-corrected chi connectivity index (χ1v) is 6.11. The number of hydrogen-bond donors (Lipinski definition) is 0. The van der Waals surface area contributed by atoms with Gasteiger partial charge in [-0.3, -0.25) is 4.79 Å². The molecule has 1 saturated carbocycles. The molecule has 0 radical (unpaired) electrons. The summed E-state index contributed by atoms with van der Waals surface area (Å²) in [5, 5.41) is 0. The van der Waals surface area contributed by atoms with Gasteiger partial charge in [-0.15, -0.1) is 0 Å². The van der Waals surface area contributed by atoms with Gasteiger partial charge in [0.15, 0.2) is 5.78 Å². The van der Waals surface area contributed by atoms with Crippen molar-refractivity contribution < 1.29 is 9.53 Å². The lowest BCUT2D eigenvalue weighted by atomic mass is 9.90. The van der Waals surface area contributed by atoms with Gasteiger partial charge in [-0.2, -0.15) is 0 Å². The van der Waals surface area contributed by atoms with Crippen LogP contribution in [-0.2, 0) is 9.53 Å². The smallest absolute Gasteiger partial charge is 0.159 e. The van der Waals surface area contributed by atoms with E-state index in [-0.39, 0.29) is 11.2 Å². The van der Waals surface area contributed by atoms with E-state index >= 15 is 0 Å². The molecule has 0 saturated heterocycles. The Morgan fingerprint density at radius 2 is 1.80 bits per heavy atom. The Morgan fingerprint density at radius 1 is 1.20 bits per heavy atom. The van der Waals surface area contributed by atoms with Gasteiger partial charge in [0.2, 0.25) is 0 Å². The molecule has 2 heteroatoms. The number of carbonyl (C=O) groups is 1. The molecule has 88 valence electrons. The minimum absolute atomic E-state index is 0.0903. The maximum absolute atomic E-state index is 11.6. The van der Waals surface area contributed by atoms with Crippen LogP contribution in [0.3, 0.4) is 0 Å². The lowest BCUT2D eigenvalue weighted by molar-refractivity contribution is -0.127. The van der Waals surface area contributed by atoms with E-state index in [0.717, 1.165) is 12.8 Å². The first-order chi connectivity index (χ1) is 6.97. The second kappa shape index (κ2) is 5.64. The van der Waals surface area contributed by atoms with E-state index in [2.05, 4.69) is 20.8 Å². The molecule has 0 amide bonds. The van der Waals surface area contributed by atoms with Crippen LogP contribution in [0.2, 0.25) is 0 Å². The molecule has 0 unspecified atom stereocenters. The maximum atomic E-state index is 11.6. The summed E-state index contributed by atoms with van der Waals surface area (Å²) in [5.41, 5.74) is 0.0903. The first kappa shape index (κ1) is 12.7. The molecule has 0 aromatic rings. The Bertz CT molecular complexity index is 197. The van der Waals surface area contributed by atoms with E-state index in [9.17, 15) is 4.79 Å². The average molecular weight is 212 g/mol. The molecule has 0 aliphatic heterocycles. The zero-order valence-electron chi connectivity index (χ0n) is 10.3.